The van der Waals surface area contributed by atoms with E-state index in [4.69, 9.17) is 0 Å². The average molecular weight is 252 g/mol. The highest BCUT2D eigenvalue weighted by Gasteiger charge is 2.33. The third-order valence-corrected chi connectivity index (χ3v) is 4.03. The zero-order chi connectivity index (χ0) is 12.1. The summed E-state index contributed by atoms with van der Waals surface area (Å²) < 4.78 is 23.8. The SMILES string of the molecule is O=S([O-])NCC1(Cc2ccccc2)CCCC1. The summed E-state index contributed by atoms with van der Waals surface area (Å²) in [4.78, 5) is 0. The number of hydrogen-bond donors (Lipinski definition) is 1. The van der Waals surface area contributed by atoms with Crippen molar-refractivity contribution in [2.24, 2.45) is 5.41 Å². The van der Waals surface area contributed by atoms with Gasteiger partial charge in [0, 0.05) is 17.8 Å². The van der Waals surface area contributed by atoms with Crippen molar-refractivity contribution in [3.63, 3.8) is 0 Å². The normalized spacial score (nSPS) is 20.3. The molecule has 0 aromatic heterocycles. The molecule has 1 N–H and O–H groups in total. The zero-order valence-electron chi connectivity index (χ0n) is 9.85. The molecule has 4 heteroatoms. The molecular weight excluding hydrogens is 234 g/mol. The van der Waals surface area contributed by atoms with Crippen LogP contribution in [0.25, 0.3) is 0 Å². The van der Waals surface area contributed by atoms with Crippen LogP contribution < -0.4 is 4.72 Å². The van der Waals surface area contributed by atoms with Gasteiger partial charge in [-0.05, 0) is 30.2 Å². The van der Waals surface area contributed by atoms with Gasteiger partial charge in [0.25, 0.3) is 0 Å². The first-order valence-corrected chi connectivity index (χ1v) is 7.14. The van der Waals surface area contributed by atoms with Crippen molar-refractivity contribution in [1.29, 1.82) is 0 Å². The second-order valence-corrected chi connectivity index (χ2v) is 5.68. The molecule has 1 unspecified atom stereocenters. The fraction of sp³-hybridized carbons (Fsp3) is 0.538. The van der Waals surface area contributed by atoms with E-state index in [2.05, 4.69) is 16.9 Å². The molecular formula is C13H18NO2S-. The van der Waals surface area contributed by atoms with E-state index < -0.39 is 11.3 Å². The second-order valence-electron chi connectivity index (χ2n) is 4.93. The lowest BCUT2D eigenvalue weighted by Gasteiger charge is -2.30. The Kier molecular flexibility index (Phi) is 4.31. The lowest BCUT2D eigenvalue weighted by molar-refractivity contribution is 0.294. The molecule has 1 aliphatic rings. The molecule has 94 valence electrons. The first-order chi connectivity index (χ1) is 8.20. The van der Waals surface area contributed by atoms with Crippen LogP contribution in [0.2, 0.25) is 0 Å². The molecule has 0 bridgehead atoms. The van der Waals surface area contributed by atoms with Gasteiger partial charge in [-0.3, -0.25) is 4.21 Å². The standard InChI is InChI=1S/C13H19NO2S/c15-17(16)14-11-13(8-4-5-9-13)10-12-6-2-1-3-7-12/h1-3,6-7,14H,4-5,8-11H2,(H,15,16)/p-1. The molecule has 0 spiro atoms. The molecule has 1 aromatic carbocycles. The minimum absolute atomic E-state index is 0.126. The van der Waals surface area contributed by atoms with E-state index in [0.717, 1.165) is 19.3 Å². The third kappa shape index (κ3) is 3.63. The van der Waals surface area contributed by atoms with Crippen LogP contribution in [0.5, 0.6) is 0 Å². The van der Waals surface area contributed by atoms with Crippen molar-refractivity contribution < 1.29 is 8.76 Å². The average Bonchev–Trinajstić information content (AvgIpc) is 2.77. The first-order valence-electron chi connectivity index (χ1n) is 6.07. The molecule has 17 heavy (non-hydrogen) atoms. The van der Waals surface area contributed by atoms with Crippen molar-refractivity contribution in [3.05, 3.63) is 35.9 Å². The predicted octanol–water partition coefficient (Wildman–Crippen LogP) is 2.17. The molecule has 3 nitrogen and oxygen atoms in total. The van der Waals surface area contributed by atoms with Crippen LogP contribution in [-0.2, 0) is 17.7 Å². The molecule has 0 aliphatic heterocycles. The minimum atomic E-state index is -2.15. The van der Waals surface area contributed by atoms with E-state index in [1.165, 1.54) is 18.4 Å². The Morgan fingerprint density at radius 3 is 2.47 bits per heavy atom. The highest BCUT2D eigenvalue weighted by atomic mass is 32.2. The molecule has 0 radical (unpaired) electrons. The Balaban J connectivity index is 2.04. The Bertz CT molecular complexity index is 374. The van der Waals surface area contributed by atoms with Gasteiger partial charge in [-0.2, -0.15) is 0 Å². The summed E-state index contributed by atoms with van der Waals surface area (Å²) in [6, 6.07) is 10.3. The third-order valence-electron chi connectivity index (χ3n) is 3.65. The van der Waals surface area contributed by atoms with Crippen LogP contribution in [0.1, 0.15) is 31.2 Å². The van der Waals surface area contributed by atoms with Gasteiger partial charge in [0.2, 0.25) is 0 Å². The van der Waals surface area contributed by atoms with Gasteiger partial charge in [-0.15, -0.1) is 0 Å². The first kappa shape index (κ1) is 12.7. The van der Waals surface area contributed by atoms with Crippen molar-refractivity contribution in [2.45, 2.75) is 32.1 Å². The monoisotopic (exact) mass is 252 g/mol. The highest BCUT2D eigenvalue weighted by molar-refractivity contribution is 7.77. The molecule has 0 saturated heterocycles. The Morgan fingerprint density at radius 1 is 1.24 bits per heavy atom. The number of rotatable bonds is 5. The summed E-state index contributed by atoms with van der Waals surface area (Å²) in [7, 11) is 0. The maximum Gasteiger partial charge on any atom is 0.0181 e. The van der Waals surface area contributed by atoms with Crippen LogP contribution in [0.15, 0.2) is 30.3 Å². The van der Waals surface area contributed by atoms with Crippen molar-refractivity contribution >= 4 is 11.3 Å². The fourth-order valence-corrected chi connectivity index (χ4v) is 3.21. The van der Waals surface area contributed by atoms with E-state index in [-0.39, 0.29) is 5.41 Å². The Labute approximate surface area is 105 Å². The summed E-state index contributed by atoms with van der Waals surface area (Å²) >= 11 is -2.15. The number of nitrogens with one attached hydrogen (secondary N) is 1. The molecule has 1 aliphatic carbocycles. The van der Waals surface area contributed by atoms with Gasteiger partial charge in [0.05, 0.1) is 0 Å². The quantitative estimate of drug-likeness (QED) is 0.817. The van der Waals surface area contributed by atoms with Crippen LogP contribution in [0.3, 0.4) is 0 Å². The highest BCUT2D eigenvalue weighted by Crippen LogP contribution is 2.40. The summed E-state index contributed by atoms with van der Waals surface area (Å²) in [5, 5.41) is 0. The van der Waals surface area contributed by atoms with E-state index >= 15 is 0 Å². The number of benzene rings is 1. The van der Waals surface area contributed by atoms with Crippen molar-refractivity contribution in [3.8, 4) is 0 Å². The molecule has 1 fully saturated rings. The molecule has 0 heterocycles. The van der Waals surface area contributed by atoms with Gasteiger partial charge in [0.15, 0.2) is 0 Å². The van der Waals surface area contributed by atoms with E-state index in [0.29, 0.717) is 6.54 Å². The topological polar surface area (TPSA) is 52.2 Å². The fourth-order valence-electron chi connectivity index (χ4n) is 2.78. The van der Waals surface area contributed by atoms with Crippen LogP contribution >= 0.6 is 0 Å². The lowest BCUT2D eigenvalue weighted by Crippen LogP contribution is -2.34. The lowest BCUT2D eigenvalue weighted by atomic mass is 9.80. The second kappa shape index (κ2) is 5.76. The predicted molar refractivity (Wildman–Crippen MR) is 68.0 cm³/mol. The van der Waals surface area contributed by atoms with Gasteiger partial charge >= 0.3 is 0 Å². The van der Waals surface area contributed by atoms with Crippen LogP contribution in [0, 0.1) is 5.41 Å². The zero-order valence-corrected chi connectivity index (χ0v) is 10.7. The van der Waals surface area contributed by atoms with Crippen LogP contribution in [0.4, 0.5) is 0 Å². The van der Waals surface area contributed by atoms with Gasteiger partial charge in [0.1, 0.15) is 0 Å². The van der Waals surface area contributed by atoms with Gasteiger partial charge in [-0.25, -0.2) is 4.72 Å². The molecule has 1 atom stereocenters. The largest absolute Gasteiger partial charge is 0.760 e. The van der Waals surface area contributed by atoms with Crippen molar-refractivity contribution in [2.75, 3.05) is 6.54 Å². The maximum atomic E-state index is 10.6. The maximum absolute atomic E-state index is 10.6. The summed E-state index contributed by atoms with van der Waals surface area (Å²) in [6.45, 7) is 0.567. The Morgan fingerprint density at radius 2 is 1.88 bits per heavy atom. The van der Waals surface area contributed by atoms with E-state index in [1.54, 1.807) is 0 Å². The summed E-state index contributed by atoms with van der Waals surface area (Å²) in [5.74, 6) is 0. The Hall–Kier alpha value is -0.710. The molecule has 1 aromatic rings. The minimum Gasteiger partial charge on any atom is -0.760 e. The van der Waals surface area contributed by atoms with E-state index in [9.17, 15) is 8.76 Å². The van der Waals surface area contributed by atoms with Crippen LogP contribution in [-0.4, -0.2) is 15.3 Å². The summed E-state index contributed by atoms with van der Waals surface area (Å²) in [5.41, 5.74) is 1.43. The van der Waals surface area contributed by atoms with Gasteiger partial charge < -0.3 is 4.55 Å². The van der Waals surface area contributed by atoms with Gasteiger partial charge in [-0.1, -0.05) is 43.2 Å². The molecule has 1 saturated carbocycles. The van der Waals surface area contributed by atoms with E-state index in [1.807, 2.05) is 18.2 Å². The van der Waals surface area contributed by atoms with Crippen molar-refractivity contribution in [1.82, 2.24) is 4.72 Å². The summed E-state index contributed by atoms with van der Waals surface area (Å²) in [6.07, 6.45) is 5.62. The smallest absolute Gasteiger partial charge is 0.0181 e. The molecule has 0 amide bonds. The number of hydrogen-bond acceptors (Lipinski definition) is 2. The molecule has 2 rings (SSSR count).